The number of hydrogen-bond acceptors (Lipinski definition) is 4. The van der Waals surface area contributed by atoms with Crippen molar-refractivity contribution in [2.75, 3.05) is 0 Å². The first kappa shape index (κ1) is 12.8. The first-order chi connectivity index (χ1) is 9.37. The van der Waals surface area contributed by atoms with Gasteiger partial charge in [-0.25, -0.2) is 8.91 Å². The highest BCUT2D eigenvalue weighted by atomic mass is 32.2. The summed E-state index contributed by atoms with van der Waals surface area (Å²) < 4.78 is 45.9. The molecule has 1 aromatic carbocycles. The van der Waals surface area contributed by atoms with Crippen LogP contribution in [0, 0.1) is 5.82 Å². The molecule has 2 N–H and O–H groups in total. The number of benzene rings is 1. The Kier molecular flexibility index (Phi) is 2.63. The molecule has 0 aliphatic rings. The zero-order valence-corrected chi connectivity index (χ0v) is 10.7. The summed E-state index contributed by atoms with van der Waals surface area (Å²) >= 11 is 0. The quantitative estimate of drug-likeness (QED) is 0.678. The monoisotopic (exact) mass is 297 g/mol. The Bertz CT molecular complexity index is 990. The van der Waals surface area contributed by atoms with Crippen molar-refractivity contribution in [3.05, 3.63) is 46.1 Å². The summed E-state index contributed by atoms with van der Waals surface area (Å²) in [7, 11) is -4.36. The van der Waals surface area contributed by atoms with E-state index in [-0.39, 0.29) is 16.6 Å². The van der Waals surface area contributed by atoms with Gasteiger partial charge < -0.3 is 4.98 Å². The van der Waals surface area contributed by atoms with Crippen LogP contribution >= 0.6 is 0 Å². The molecular weight excluding hydrogens is 289 g/mol. The maximum atomic E-state index is 14.2. The zero-order chi connectivity index (χ0) is 14.5. The van der Waals surface area contributed by atoms with Crippen LogP contribution in [-0.4, -0.2) is 27.6 Å². The number of halogens is 1. The fourth-order valence-electron chi connectivity index (χ4n) is 2.06. The van der Waals surface area contributed by atoms with Crippen LogP contribution in [0.15, 0.2) is 29.2 Å². The summed E-state index contributed by atoms with van der Waals surface area (Å²) in [6.07, 6.45) is 1.40. The molecule has 2 aromatic heterocycles. The normalized spacial score (nSPS) is 12.3. The van der Waals surface area contributed by atoms with Crippen molar-refractivity contribution in [2.24, 2.45) is 0 Å². The topological polar surface area (TPSA) is 105 Å². The van der Waals surface area contributed by atoms with E-state index < -0.39 is 27.2 Å². The lowest BCUT2D eigenvalue weighted by Crippen LogP contribution is -2.13. The lowest BCUT2D eigenvalue weighted by Gasteiger charge is -2.06. The van der Waals surface area contributed by atoms with E-state index in [1.807, 2.05) is 0 Å². The predicted molar refractivity (Wildman–Crippen MR) is 68.5 cm³/mol. The molecule has 0 atom stereocenters. The Labute approximate surface area is 111 Å². The number of aromatic nitrogens is 3. The summed E-state index contributed by atoms with van der Waals surface area (Å²) in [4.78, 5) is 14.1. The summed E-state index contributed by atoms with van der Waals surface area (Å²) in [6.45, 7) is 0. The minimum Gasteiger partial charge on any atom is -0.316 e. The fraction of sp³-hybridized carbons (Fsp3) is 0.0909. The second-order valence-electron chi connectivity index (χ2n) is 4.24. The second-order valence-corrected chi connectivity index (χ2v) is 5.69. The van der Waals surface area contributed by atoms with E-state index in [9.17, 15) is 17.6 Å². The molecule has 2 heterocycles. The molecule has 0 aliphatic heterocycles. The molecule has 0 amide bonds. The number of nitrogens with one attached hydrogen (secondary N) is 1. The molecular formula is C11H8FN3O4S. The Hall–Kier alpha value is -2.26. The average Bonchev–Trinajstić information content (AvgIpc) is 2.82. The van der Waals surface area contributed by atoms with E-state index in [0.29, 0.717) is 5.52 Å². The van der Waals surface area contributed by atoms with Gasteiger partial charge in [0.15, 0.2) is 5.82 Å². The second kappa shape index (κ2) is 4.12. The van der Waals surface area contributed by atoms with E-state index in [2.05, 4.69) is 10.1 Å². The molecule has 0 aliphatic carbocycles. The number of hydrogen-bond donors (Lipinski definition) is 2. The third-order valence-corrected chi connectivity index (χ3v) is 3.56. The molecule has 0 bridgehead atoms. The predicted octanol–water partition coefficient (Wildman–Crippen LogP) is 0.703. The molecule has 0 saturated carbocycles. The highest BCUT2D eigenvalue weighted by Crippen LogP contribution is 2.20. The molecule has 20 heavy (non-hydrogen) atoms. The molecule has 0 fully saturated rings. The molecule has 104 valence electrons. The first-order valence-electron chi connectivity index (χ1n) is 5.49. The smallest absolute Gasteiger partial charge is 0.274 e. The maximum Gasteiger partial charge on any atom is 0.274 e. The van der Waals surface area contributed by atoms with Crippen molar-refractivity contribution >= 4 is 26.7 Å². The summed E-state index contributed by atoms with van der Waals surface area (Å²) in [5, 5.41) is 3.92. The van der Waals surface area contributed by atoms with Gasteiger partial charge in [-0.3, -0.25) is 9.35 Å². The SMILES string of the molecule is O=c1[nH]c2c(F)c(CS(=O)(=O)O)ccc2n2nccc12. The number of nitrogens with zero attached hydrogens (tertiary/aromatic N) is 2. The number of fused-ring (bicyclic) bond motifs is 3. The Morgan fingerprint density at radius 3 is 2.75 bits per heavy atom. The highest BCUT2D eigenvalue weighted by Gasteiger charge is 2.16. The molecule has 3 rings (SSSR count). The number of aromatic amines is 1. The van der Waals surface area contributed by atoms with Crippen molar-refractivity contribution in [1.82, 2.24) is 14.6 Å². The zero-order valence-electron chi connectivity index (χ0n) is 9.87. The van der Waals surface area contributed by atoms with Crippen LogP contribution in [0.3, 0.4) is 0 Å². The van der Waals surface area contributed by atoms with Crippen LogP contribution in [0.4, 0.5) is 4.39 Å². The van der Waals surface area contributed by atoms with Crippen molar-refractivity contribution in [3.63, 3.8) is 0 Å². The number of H-pyrrole nitrogens is 1. The van der Waals surface area contributed by atoms with Gasteiger partial charge in [-0.05, 0) is 12.1 Å². The molecule has 0 spiro atoms. The van der Waals surface area contributed by atoms with E-state index in [1.54, 1.807) is 0 Å². The van der Waals surface area contributed by atoms with Gasteiger partial charge in [-0.15, -0.1) is 0 Å². The highest BCUT2D eigenvalue weighted by molar-refractivity contribution is 7.85. The molecule has 9 heteroatoms. The van der Waals surface area contributed by atoms with Gasteiger partial charge in [0.05, 0.1) is 11.7 Å². The van der Waals surface area contributed by atoms with E-state index in [4.69, 9.17) is 4.55 Å². The lowest BCUT2D eigenvalue weighted by atomic mass is 10.2. The standard InChI is InChI=1S/C11H8FN3O4S/c12-9-6(5-20(17,18)19)1-2-7-10(9)14-11(16)8-3-4-13-15(7)8/h1-4H,5H2,(H,14,16)(H,17,18,19). The third kappa shape index (κ3) is 1.96. The molecule has 3 aromatic rings. The largest absolute Gasteiger partial charge is 0.316 e. The van der Waals surface area contributed by atoms with Crippen LogP contribution in [0.5, 0.6) is 0 Å². The average molecular weight is 297 g/mol. The van der Waals surface area contributed by atoms with Crippen LogP contribution in [0.25, 0.3) is 16.6 Å². The summed E-state index contributed by atoms with van der Waals surface area (Å²) in [5.74, 6) is -1.77. The Morgan fingerprint density at radius 1 is 1.30 bits per heavy atom. The fourth-order valence-corrected chi connectivity index (χ4v) is 2.67. The van der Waals surface area contributed by atoms with Gasteiger partial charge >= 0.3 is 0 Å². The minimum absolute atomic E-state index is 0.160. The van der Waals surface area contributed by atoms with Gasteiger partial charge in [0.1, 0.15) is 16.8 Å². The van der Waals surface area contributed by atoms with E-state index >= 15 is 0 Å². The maximum absolute atomic E-state index is 14.2. The van der Waals surface area contributed by atoms with Gasteiger partial charge in [-0.2, -0.15) is 13.5 Å². The number of rotatable bonds is 2. The molecule has 7 nitrogen and oxygen atoms in total. The summed E-state index contributed by atoms with van der Waals surface area (Å²) in [5.41, 5.74) is -0.395. The van der Waals surface area contributed by atoms with Gasteiger partial charge in [0, 0.05) is 5.56 Å². The molecule has 0 unspecified atom stereocenters. The van der Waals surface area contributed by atoms with Crippen LogP contribution in [-0.2, 0) is 15.9 Å². The van der Waals surface area contributed by atoms with Crippen molar-refractivity contribution in [2.45, 2.75) is 5.75 Å². The molecule has 0 radical (unpaired) electrons. The van der Waals surface area contributed by atoms with Gasteiger partial charge in [0.2, 0.25) is 0 Å². The van der Waals surface area contributed by atoms with Crippen molar-refractivity contribution in [3.8, 4) is 0 Å². The first-order valence-corrected chi connectivity index (χ1v) is 7.10. The minimum atomic E-state index is -4.36. The third-order valence-electron chi connectivity index (χ3n) is 2.88. The summed E-state index contributed by atoms with van der Waals surface area (Å²) in [6, 6.07) is 4.13. The Morgan fingerprint density at radius 2 is 2.05 bits per heavy atom. The Balaban J connectivity index is 2.38. The van der Waals surface area contributed by atoms with Crippen LogP contribution in [0.2, 0.25) is 0 Å². The van der Waals surface area contributed by atoms with Crippen LogP contribution < -0.4 is 5.56 Å². The van der Waals surface area contributed by atoms with Gasteiger partial charge in [-0.1, -0.05) is 6.07 Å². The van der Waals surface area contributed by atoms with E-state index in [1.165, 1.54) is 28.9 Å². The lowest BCUT2D eigenvalue weighted by molar-refractivity contribution is 0.480. The van der Waals surface area contributed by atoms with Gasteiger partial charge in [0.25, 0.3) is 15.7 Å². The molecule has 0 saturated heterocycles. The van der Waals surface area contributed by atoms with Crippen LogP contribution in [0.1, 0.15) is 5.56 Å². The van der Waals surface area contributed by atoms with E-state index in [0.717, 1.165) is 0 Å². The van der Waals surface area contributed by atoms with Crippen molar-refractivity contribution < 1.29 is 17.4 Å². The van der Waals surface area contributed by atoms with Crippen molar-refractivity contribution in [1.29, 1.82) is 0 Å².